The molecule has 1 aromatic carbocycles. The van der Waals surface area contributed by atoms with E-state index in [1.807, 2.05) is 0 Å². The van der Waals surface area contributed by atoms with Crippen LogP contribution in [0.4, 0.5) is 4.39 Å². The van der Waals surface area contributed by atoms with E-state index < -0.39 is 5.82 Å². The fourth-order valence-electron chi connectivity index (χ4n) is 1.36. The standard InChI is InChI=1S/C10H10ClFO2/c11-7-1-2-10(9(12)5-7)14-8-3-4-13-6-8/h1-2,5,8H,3-4,6H2. The van der Waals surface area contributed by atoms with E-state index in [0.717, 1.165) is 6.42 Å². The summed E-state index contributed by atoms with van der Waals surface area (Å²) in [5.41, 5.74) is 0. The van der Waals surface area contributed by atoms with E-state index >= 15 is 0 Å². The topological polar surface area (TPSA) is 18.5 Å². The Bertz CT molecular complexity index is 324. The molecule has 1 unspecified atom stereocenters. The molecule has 1 aliphatic heterocycles. The highest BCUT2D eigenvalue weighted by Crippen LogP contribution is 2.23. The summed E-state index contributed by atoms with van der Waals surface area (Å²) < 4.78 is 23.8. The number of hydrogen-bond donors (Lipinski definition) is 0. The predicted octanol–water partition coefficient (Wildman–Crippen LogP) is 2.65. The van der Waals surface area contributed by atoms with Crippen LogP contribution in [0.15, 0.2) is 18.2 Å². The minimum absolute atomic E-state index is 0.0364. The zero-order chi connectivity index (χ0) is 9.97. The van der Waals surface area contributed by atoms with Gasteiger partial charge in [-0.1, -0.05) is 11.6 Å². The Morgan fingerprint density at radius 2 is 2.36 bits per heavy atom. The van der Waals surface area contributed by atoms with Crippen LogP contribution >= 0.6 is 11.6 Å². The lowest BCUT2D eigenvalue weighted by atomic mass is 10.3. The molecule has 2 nitrogen and oxygen atoms in total. The van der Waals surface area contributed by atoms with E-state index in [1.54, 1.807) is 6.07 Å². The highest BCUT2D eigenvalue weighted by molar-refractivity contribution is 6.30. The first-order chi connectivity index (χ1) is 6.75. The van der Waals surface area contributed by atoms with Crippen molar-refractivity contribution in [3.63, 3.8) is 0 Å². The molecule has 0 N–H and O–H groups in total. The van der Waals surface area contributed by atoms with E-state index in [4.69, 9.17) is 21.1 Å². The quantitative estimate of drug-likeness (QED) is 0.757. The molecule has 0 saturated carbocycles. The van der Waals surface area contributed by atoms with Gasteiger partial charge in [-0.2, -0.15) is 0 Å². The van der Waals surface area contributed by atoms with Gasteiger partial charge in [-0.3, -0.25) is 0 Å². The van der Waals surface area contributed by atoms with Crippen molar-refractivity contribution in [3.05, 3.63) is 29.0 Å². The zero-order valence-corrected chi connectivity index (χ0v) is 8.26. The minimum atomic E-state index is -0.426. The summed E-state index contributed by atoms with van der Waals surface area (Å²) in [6, 6.07) is 4.39. The van der Waals surface area contributed by atoms with Gasteiger partial charge in [-0.25, -0.2) is 4.39 Å². The summed E-state index contributed by atoms with van der Waals surface area (Å²) in [4.78, 5) is 0. The van der Waals surface area contributed by atoms with Gasteiger partial charge < -0.3 is 9.47 Å². The van der Waals surface area contributed by atoms with Gasteiger partial charge in [0.05, 0.1) is 13.2 Å². The van der Waals surface area contributed by atoms with Gasteiger partial charge in [-0.05, 0) is 18.2 Å². The van der Waals surface area contributed by atoms with Gasteiger partial charge in [0.2, 0.25) is 0 Å². The summed E-state index contributed by atoms with van der Waals surface area (Å²) in [6.07, 6.45) is 0.771. The maximum absolute atomic E-state index is 13.3. The van der Waals surface area contributed by atoms with E-state index in [1.165, 1.54) is 12.1 Å². The number of hydrogen-bond acceptors (Lipinski definition) is 2. The molecule has 76 valence electrons. The first-order valence-electron chi connectivity index (χ1n) is 4.45. The van der Waals surface area contributed by atoms with Crippen LogP contribution in [0, 0.1) is 5.82 Å². The first-order valence-corrected chi connectivity index (χ1v) is 4.83. The summed E-state index contributed by atoms with van der Waals surface area (Å²) in [6.45, 7) is 1.21. The third kappa shape index (κ3) is 2.16. The van der Waals surface area contributed by atoms with Gasteiger partial charge >= 0.3 is 0 Å². The Balaban J connectivity index is 2.08. The number of benzene rings is 1. The fraction of sp³-hybridized carbons (Fsp3) is 0.400. The summed E-state index contributed by atoms with van der Waals surface area (Å²) in [5.74, 6) is -0.186. The average Bonchev–Trinajstić information content (AvgIpc) is 2.62. The maximum Gasteiger partial charge on any atom is 0.166 e. The smallest absolute Gasteiger partial charge is 0.166 e. The molecule has 0 spiro atoms. The molecule has 0 radical (unpaired) electrons. The molecule has 1 saturated heterocycles. The van der Waals surface area contributed by atoms with Crippen molar-refractivity contribution in [2.75, 3.05) is 13.2 Å². The van der Waals surface area contributed by atoms with Gasteiger partial charge in [0.25, 0.3) is 0 Å². The molecule has 14 heavy (non-hydrogen) atoms. The molecule has 1 fully saturated rings. The molecule has 0 amide bonds. The van der Waals surface area contributed by atoms with Crippen LogP contribution in [0.2, 0.25) is 5.02 Å². The van der Waals surface area contributed by atoms with Crippen LogP contribution in [0.1, 0.15) is 6.42 Å². The highest BCUT2D eigenvalue weighted by Gasteiger charge is 2.18. The van der Waals surface area contributed by atoms with E-state index in [2.05, 4.69) is 0 Å². The monoisotopic (exact) mass is 216 g/mol. The number of halogens is 2. The highest BCUT2D eigenvalue weighted by atomic mass is 35.5. The lowest BCUT2D eigenvalue weighted by Crippen LogP contribution is -2.16. The van der Waals surface area contributed by atoms with E-state index in [-0.39, 0.29) is 11.9 Å². The van der Waals surface area contributed by atoms with Crippen LogP contribution in [0.3, 0.4) is 0 Å². The Hall–Kier alpha value is -0.800. The Morgan fingerprint density at radius 1 is 1.50 bits per heavy atom. The zero-order valence-electron chi connectivity index (χ0n) is 7.50. The van der Waals surface area contributed by atoms with Crippen LogP contribution in [0.5, 0.6) is 5.75 Å². The van der Waals surface area contributed by atoms with Crippen LogP contribution in [0.25, 0.3) is 0 Å². The Morgan fingerprint density at radius 3 is 3.00 bits per heavy atom. The third-order valence-electron chi connectivity index (χ3n) is 2.08. The van der Waals surface area contributed by atoms with E-state index in [0.29, 0.717) is 18.2 Å². The van der Waals surface area contributed by atoms with Gasteiger partial charge in [0, 0.05) is 11.4 Å². The van der Waals surface area contributed by atoms with Crippen molar-refractivity contribution in [3.8, 4) is 5.75 Å². The van der Waals surface area contributed by atoms with Crippen molar-refractivity contribution in [1.82, 2.24) is 0 Å². The fourth-order valence-corrected chi connectivity index (χ4v) is 1.51. The van der Waals surface area contributed by atoms with Crippen LogP contribution in [-0.2, 0) is 4.74 Å². The van der Waals surface area contributed by atoms with Crippen molar-refractivity contribution in [1.29, 1.82) is 0 Å². The van der Waals surface area contributed by atoms with Crippen molar-refractivity contribution in [2.45, 2.75) is 12.5 Å². The molecule has 1 atom stereocenters. The molecule has 1 heterocycles. The molecule has 0 bridgehead atoms. The summed E-state index contributed by atoms with van der Waals surface area (Å²) in [7, 11) is 0. The first kappa shape index (κ1) is 9.74. The van der Waals surface area contributed by atoms with Gasteiger partial charge in [0.1, 0.15) is 6.10 Å². The normalized spacial score (nSPS) is 21.1. The van der Waals surface area contributed by atoms with Crippen LogP contribution in [-0.4, -0.2) is 19.3 Å². The summed E-state index contributed by atoms with van der Waals surface area (Å²) in [5, 5.41) is 0.373. The summed E-state index contributed by atoms with van der Waals surface area (Å²) >= 11 is 5.61. The van der Waals surface area contributed by atoms with Crippen molar-refractivity contribution in [2.24, 2.45) is 0 Å². The van der Waals surface area contributed by atoms with Crippen molar-refractivity contribution < 1.29 is 13.9 Å². The predicted molar refractivity (Wildman–Crippen MR) is 51.3 cm³/mol. The number of rotatable bonds is 2. The second-order valence-corrected chi connectivity index (χ2v) is 3.61. The SMILES string of the molecule is Fc1cc(Cl)ccc1OC1CCOC1. The Kier molecular flexibility index (Phi) is 2.89. The van der Waals surface area contributed by atoms with Crippen LogP contribution < -0.4 is 4.74 Å². The molecular formula is C10H10ClFO2. The average molecular weight is 217 g/mol. The molecule has 0 aromatic heterocycles. The van der Waals surface area contributed by atoms with Crippen molar-refractivity contribution >= 4 is 11.6 Å². The second kappa shape index (κ2) is 4.15. The molecule has 0 aliphatic carbocycles. The van der Waals surface area contributed by atoms with E-state index in [9.17, 15) is 4.39 Å². The Labute approximate surface area is 86.6 Å². The lowest BCUT2D eigenvalue weighted by molar-refractivity contribution is 0.138. The number of ether oxygens (including phenoxy) is 2. The molecule has 2 rings (SSSR count). The third-order valence-corrected chi connectivity index (χ3v) is 2.31. The maximum atomic E-state index is 13.3. The molecule has 1 aromatic rings. The molecule has 4 heteroatoms. The van der Waals surface area contributed by atoms with Gasteiger partial charge in [-0.15, -0.1) is 0 Å². The molecule has 1 aliphatic rings. The minimum Gasteiger partial charge on any atom is -0.485 e. The second-order valence-electron chi connectivity index (χ2n) is 3.18. The van der Waals surface area contributed by atoms with Gasteiger partial charge in [0.15, 0.2) is 11.6 Å². The largest absolute Gasteiger partial charge is 0.485 e. The molecular weight excluding hydrogens is 207 g/mol. The lowest BCUT2D eigenvalue weighted by Gasteiger charge is -2.12.